The summed E-state index contributed by atoms with van der Waals surface area (Å²) in [5.74, 6) is -0.253. The van der Waals surface area contributed by atoms with E-state index >= 15 is 0 Å². The zero-order valence-corrected chi connectivity index (χ0v) is 15.5. The molecule has 0 fully saturated rings. The van der Waals surface area contributed by atoms with Crippen LogP contribution in [0.25, 0.3) is 0 Å². The summed E-state index contributed by atoms with van der Waals surface area (Å²) in [5, 5.41) is 7.16. The largest absolute Gasteiger partial charge is 0.458 e. The second-order valence-electron chi connectivity index (χ2n) is 6.20. The molecule has 2 radical (unpaired) electrons. The van der Waals surface area contributed by atoms with Gasteiger partial charge in [0, 0.05) is 6.42 Å². The summed E-state index contributed by atoms with van der Waals surface area (Å²) in [4.78, 5) is 27.4. The van der Waals surface area contributed by atoms with Crippen LogP contribution in [-0.4, -0.2) is 28.6 Å². The maximum Gasteiger partial charge on any atom is 0.338 e. The van der Waals surface area contributed by atoms with E-state index in [2.05, 4.69) is 31.2 Å². The number of fused-ring (bicyclic) bond motifs is 1. The van der Waals surface area contributed by atoms with Gasteiger partial charge in [-0.25, -0.2) is 14.5 Å². The van der Waals surface area contributed by atoms with E-state index in [0.29, 0.717) is 17.0 Å². The SMILES string of the molecule is [B][C@@]1(OC(=O)c2ccc(N=O)cc2)C[C@@H](c2ccccc2)n2nc(Br)nc21. The molecule has 1 aromatic heterocycles. The standard InChI is InChI=1S/C18H12BBrN4O3/c19-18(27-15(25)12-6-8-13(23-26)9-7-12)10-14(11-4-2-1-3-5-11)24-16(18)21-17(20)22-24/h1-9,14H,10H2/t14-,18+/m0/s1. The average Bonchev–Trinajstić information content (AvgIpc) is 3.19. The number of benzene rings is 2. The summed E-state index contributed by atoms with van der Waals surface area (Å²) >= 11 is 3.26. The minimum absolute atomic E-state index is 0.209. The lowest BCUT2D eigenvalue weighted by Crippen LogP contribution is -2.31. The van der Waals surface area contributed by atoms with Crippen LogP contribution in [0.4, 0.5) is 5.69 Å². The van der Waals surface area contributed by atoms with Crippen LogP contribution < -0.4 is 0 Å². The van der Waals surface area contributed by atoms with Gasteiger partial charge in [0.15, 0.2) is 5.82 Å². The van der Waals surface area contributed by atoms with Gasteiger partial charge >= 0.3 is 5.97 Å². The lowest BCUT2D eigenvalue weighted by atomic mass is 9.77. The summed E-state index contributed by atoms with van der Waals surface area (Å²) in [6, 6.07) is 15.3. The number of carbonyl (C=O) groups excluding carboxylic acids is 1. The fourth-order valence-electron chi connectivity index (χ4n) is 3.17. The van der Waals surface area contributed by atoms with E-state index in [4.69, 9.17) is 12.6 Å². The first kappa shape index (κ1) is 17.6. The second kappa shape index (κ2) is 6.73. The molecule has 0 unspecified atom stereocenters. The molecule has 0 bridgehead atoms. The molecule has 9 heteroatoms. The van der Waals surface area contributed by atoms with Gasteiger partial charge in [0.25, 0.3) is 0 Å². The Balaban J connectivity index is 1.65. The molecule has 3 aromatic rings. The molecule has 4 rings (SSSR count). The quantitative estimate of drug-likeness (QED) is 0.364. The van der Waals surface area contributed by atoms with Gasteiger partial charge in [0.2, 0.25) is 4.73 Å². The number of nitroso groups, excluding NO2 is 1. The minimum atomic E-state index is -1.43. The normalized spacial score (nSPS) is 20.9. The van der Waals surface area contributed by atoms with Crippen molar-refractivity contribution in [3.05, 3.63) is 81.2 Å². The van der Waals surface area contributed by atoms with Crippen LogP contribution in [0.5, 0.6) is 0 Å². The molecule has 0 N–H and O–H groups in total. The minimum Gasteiger partial charge on any atom is -0.458 e. The Bertz CT molecular complexity index is 1010. The highest BCUT2D eigenvalue weighted by atomic mass is 79.9. The summed E-state index contributed by atoms with van der Waals surface area (Å²) in [6.07, 6.45) is 0.305. The molecular weight excluding hydrogens is 411 g/mol. The molecule has 27 heavy (non-hydrogen) atoms. The molecule has 2 aromatic carbocycles. The molecule has 0 spiro atoms. The first-order chi connectivity index (χ1) is 13.0. The van der Waals surface area contributed by atoms with Crippen LogP contribution in [0.1, 0.15) is 34.2 Å². The summed E-state index contributed by atoms with van der Waals surface area (Å²) in [7, 11) is 6.45. The van der Waals surface area contributed by atoms with Crippen molar-refractivity contribution < 1.29 is 9.53 Å². The first-order valence-electron chi connectivity index (χ1n) is 8.13. The van der Waals surface area contributed by atoms with E-state index in [0.717, 1.165) is 5.56 Å². The van der Waals surface area contributed by atoms with Gasteiger partial charge in [-0.15, -0.1) is 10.0 Å². The highest BCUT2D eigenvalue weighted by Gasteiger charge is 2.46. The Hall–Kier alpha value is -2.81. The van der Waals surface area contributed by atoms with Gasteiger partial charge in [0.05, 0.1) is 11.6 Å². The van der Waals surface area contributed by atoms with Crippen molar-refractivity contribution >= 4 is 35.4 Å². The fourth-order valence-corrected chi connectivity index (χ4v) is 3.51. The predicted octanol–water partition coefficient (Wildman–Crippen LogP) is 3.61. The monoisotopic (exact) mass is 422 g/mol. The molecular formula is C18H12BBrN4O3. The van der Waals surface area contributed by atoms with Gasteiger partial charge in [-0.05, 0) is 50.9 Å². The fraction of sp³-hybridized carbons (Fsp3) is 0.167. The summed E-state index contributed by atoms with van der Waals surface area (Å²) < 4.78 is 7.67. The van der Waals surface area contributed by atoms with Gasteiger partial charge in [0.1, 0.15) is 19.0 Å². The molecule has 1 aliphatic heterocycles. The highest BCUT2D eigenvalue weighted by molar-refractivity contribution is 9.10. The van der Waals surface area contributed by atoms with Crippen molar-refractivity contribution in [1.29, 1.82) is 0 Å². The topological polar surface area (TPSA) is 86.4 Å². The maximum absolute atomic E-state index is 12.6. The van der Waals surface area contributed by atoms with Crippen LogP contribution in [-0.2, 0) is 10.2 Å². The molecule has 132 valence electrons. The molecule has 0 saturated carbocycles. The number of halogens is 1. The molecule has 1 aliphatic rings. The third kappa shape index (κ3) is 3.19. The van der Waals surface area contributed by atoms with Gasteiger partial charge in [-0.2, -0.15) is 0 Å². The lowest BCUT2D eigenvalue weighted by Gasteiger charge is -2.24. The Morgan fingerprint density at radius 2 is 1.93 bits per heavy atom. The Labute approximate surface area is 164 Å². The smallest absolute Gasteiger partial charge is 0.338 e. The number of aromatic nitrogens is 3. The van der Waals surface area contributed by atoms with Crippen LogP contribution in [0.3, 0.4) is 0 Å². The Kier molecular flexibility index (Phi) is 4.39. The van der Waals surface area contributed by atoms with Crippen LogP contribution >= 0.6 is 15.9 Å². The number of carbonyl (C=O) groups is 1. The van der Waals surface area contributed by atoms with E-state index < -0.39 is 11.5 Å². The number of rotatable bonds is 4. The highest BCUT2D eigenvalue weighted by Crippen LogP contribution is 2.42. The average molecular weight is 423 g/mol. The van der Waals surface area contributed by atoms with E-state index in [1.807, 2.05) is 30.3 Å². The van der Waals surface area contributed by atoms with Crippen LogP contribution in [0, 0.1) is 4.91 Å². The molecule has 7 nitrogen and oxygen atoms in total. The van der Waals surface area contributed by atoms with Gasteiger partial charge in [-0.3, -0.25) is 0 Å². The third-order valence-corrected chi connectivity index (χ3v) is 4.78. The number of hydrogen-bond donors (Lipinski definition) is 0. The van der Waals surface area contributed by atoms with Gasteiger partial charge < -0.3 is 4.74 Å². The van der Waals surface area contributed by atoms with Crippen molar-refractivity contribution in [1.82, 2.24) is 14.8 Å². The van der Waals surface area contributed by atoms with Crippen molar-refractivity contribution in [2.24, 2.45) is 5.18 Å². The molecule has 2 heterocycles. The van der Waals surface area contributed by atoms with Crippen LogP contribution in [0.2, 0.25) is 0 Å². The maximum atomic E-state index is 12.6. The number of esters is 1. The Morgan fingerprint density at radius 3 is 2.59 bits per heavy atom. The van der Waals surface area contributed by atoms with Crippen molar-refractivity contribution in [2.75, 3.05) is 0 Å². The Morgan fingerprint density at radius 1 is 1.22 bits per heavy atom. The lowest BCUT2D eigenvalue weighted by molar-refractivity contribution is 0.0139. The van der Waals surface area contributed by atoms with E-state index in [1.165, 1.54) is 24.3 Å². The molecule has 2 atom stereocenters. The number of hydrogen-bond acceptors (Lipinski definition) is 6. The van der Waals surface area contributed by atoms with E-state index in [9.17, 15) is 9.70 Å². The number of nitrogens with zero attached hydrogens (tertiary/aromatic N) is 4. The molecule has 0 aliphatic carbocycles. The third-order valence-electron chi connectivity index (χ3n) is 4.44. The molecule has 0 amide bonds. The van der Waals surface area contributed by atoms with E-state index in [1.54, 1.807) is 4.68 Å². The van der Waals surface area contributed by atoms with E-state index in [-0.39, 0.29) is 17.3 Å². The molecule has 0 saturated heterocycles. The predicted molar refractivity (Wildman–Crippen MR) is 102 cm³/mol. The zero-order chi connectivity index (χ0) is 19.0. The summed E-state index contributed by atoms with van der Waals surface area (Å²) in [5.41, 5.74) is 0.0437. The van der Waals surface area contributed by atoms with Gasteiger partial charge in [-0.1, -0.05) is 30.3 Å². The number of ether oxygens (including phenoxy) is 1. The van der Waals surface area contributed by atoms with Crippen molar-refractivity contribution in [3.8, 4) is 0 Å². The van der Waals surface area contributed by atoms with Crippen LogP contribution in [0.15, 0.2) is 64.5 Å². The summed E-state index contributed by atoms with van der Waals surface area (Å²) in [6.45, 7) is 0. The second-order valence-corrected chi connectivity index (χ2v) is 6.91. The van der Waals surface area contributed by atoms with Crippen molar-refractivity contribution in [2.45, 2.75) is 18.0 Å². The van der Waals surface area contributed by atoms with Crippen molar-refractivity contribution in [3.63, 3.8) is 0 Å². The zero-order valence-electron chi connectivity index (χ0n) is 13.9. The first-order valence-corrected chi connectivity index (χ1v) is 8.92.